The second-order valence-corrected chi connectivity index (χ2v) is 9.70. The smallest absolute Gasteiger partial charge is 0.268 e. The maximum atomic E-state index is 13.7. The van der Waals surface area contributed by atoms with Crippen molar-refractivity contribution >= 4 is 39.2 Å². The molecular weight excluding hydrogens is 442 g/mol. The average molecular weight is 466 g/mol. The van der Waals surface area contributed by atoms with Crippen LogP contribution in [0.3, 0.4) is 0 Å². The van der Waals surface area contributed by atoms with E-state index >= 15 is 0 Å². The van der Waals surface area contributed by atoms with E-state index in [1.54, 1.807) is 16.9 Å². The third-order valence-corrected chi connectivity index (χ3v) is 7.62. The molecule has 0 unspecified atom stereocenters. The number of aromatic nitrogens is 2. The maximum Gasteiger partial charge on any atom is 0.268 e. The van der Waals surface area contributed by atoms with Gasteiger partial charge in [-0.3, -0.25) is 14.2 Å². The van der Waals surface area contributed by atoms with Gasteiger partial charge < -0.3 is 9.32 Å². The summed E-state index contributed by atoms with van der Waals surface area (Å²) in [5, 5.41) is 2.97. The number of carbonyl (C=O) groups is 1. The van der Waals surface area contributed by atoms with Crippen LogP contribution < -0.4 is 5.56 Å². The standard InChI is InChI=1S/C24H23N3O3S2/c1-16-8-5-6-12-26(16)20(28)15-32-24-25-22-21(18(14-31-22)19-11-7-13-30-19)23(29)27(24)17-9-3-2-4-10-17/h2-4,7,9-11,13-14,16H,5-6,8,12,15H2,1H3/t16-/m1/s1. The number of likely N-dealkylation sites (tertiary alicyclic amines) is 1. The predicted octanol–water partition coefficient (Wildman–Crippen LogP) is 5.20. The molecule has 0 spiro atoms. The Morgan fingerprint density at radius 1 is 1.22 bits per heavy atom. The van der Waals surface area contributed by atoms with E-state index in [4.69, 9.17) is 9.40 Å². The van der Waals surface area contributed by atoms with Gasteiger partial charge in [0.25, 0.3) is 5.56 Å². The number of amides is 1. The summed E-state index contributed by atoms with van der Waals surface area (Å²) in [5.41, 5.74) is 1.31. The summed E-state index contributed by atoms with van der Waals surface area (Å²) in [5.74, 6) is 0.994. The Kier molecular flexibility index (Phi) is 5.89. The van der Waals surface area contributed by atoms with Crippen molar-refractivity contribution in [3.8, 4) is 17.0 Å². The minimum atomic E-state index is -0.157. The molecule has 4 heterocycles. The predicted molar refractivity (Wildman–Crippen MR) is 129 cm³/mol. The molecule has 1 fully saturated rings. The van der Waals surface area contributed by atoms with E-state index in [2.05, 4.69) is 6.92 Å². The molecule has 1 aliphatic rings. The summed E-state index contributed by atoms with van der Waals surface area (Å²) in [6.45, 7) is 2.91. The molecule has 6 nitrogen and oxygen atoms in total. The van der Waals surface area contributed by atoms with Gasteiger partial charge in [0.2, 0.25) is 5.91 Å². The molecule has 8 heteroatoms. The Morgan fingerprint density at radius 2 is 2.06 bits per heavy atom. The van der Waals surface area contributed by atoms with Crippen LogP contribution in [0.25, 0.3) is 27.2 Å². The molecule has 0 saturated carbocycles. The minimum Gasteiger partial charge on any atom is -0.464 e. The van der Waals surface area contributed by atoms with E-state index in [0.29, 0.717) is 21.1 Å². The number of furan rings is 1. The molecule has 0 aliphatic carbocycles. The molecule has 5 rings (SSSR count). The number of hydrogen-bond acceptors (Lipinski definition) is 6. The van der Waals surface area contributed by atoms with E-state index in [9.17, 15) is 9.59 Å². The number of thioether (sulfide) groups is 1. The summed E-state index contributed by atoms with van der Waals surface area (Å²) in [4.78, 5) is 34.0. The van der Waals surface area contributed by atoms with Crippen LogP contribution in [0.5, 0.6) is 0 Å². The van der Waals surface area contributed by atoms with E-state index in [1.807, 2.05) is 46.7 Å². The molecule has 32 heavy (non-hydrogen) atoms. The number of hydrogen-bond donors (Lipinski definition) is 0. The third kappa shape index (κ3) is 3.89. The lowest BCUT2D eigenvalue weighted by molar-refractivity contribution is -0.131. The van der Waals surface area contributed by atoms with Gasteiger partial charge in [0, 0.05) is 23.5 Å². The Hall–Kier alpha value is -2.84. The molecule has 1 aromatic carbocycles. The number of nitrogens with zero attached hydrogens (tertiary/aromatic N) is 3. The van der Waals surface area contributed by atoms with Gasteiger partial charge in [-0.2, -0.15) is 0 Å². The Labute approximate surface area is 193 Å². The molecule has 3 aromatic heterocycles. The topological polar surface area (TPSA) is 68.3 Å². The fourth-order valence-electron chi connectivity index (χ4n) is 4.16. The number of thiophene rings is 1. The molecular formula is C24H23N3O3S2. The maximum absolute atomic E-state index is 13.7. The SMILES string of the molecule is C[C@@H]1CCCCN1C(=O)CSc1nc2scc(-c3ccco3)c2c(=O)n1-c1ccccc1. The van der Waals surface area contributed by atoms with Gasteiger partial charge in [-0.1, -0.05) is 30.0 Å². The number of rotatable bonds is 5. The van der Waals surface area contributed by atoms with Crippen LogP contribution in [0.2, 0.25) is 0 Å². The van der Waals surface area contributed by atoms with E-state index in [0.717, 1.165) is 30.6 Å². The van der Waals surface area contributed by atoms with Crippen molar-refractivity contribution in [1.82, 2.24) is 14.5 Å². The zero-order valence-electron chi connectivity index (χ0n) is 17.7. The van der Waals surface area contributed by atoms with E-state index in [1.165, 1.54) is 29.5 Å². The lowest BCUT2D eigenvalue weighted by atomic mass is 10.0. The highest BCUT2D eigenvalue weighted by Gasteiger charge is 2.25. The number of carbonyl (C=O) groups excluding carboxylic acids is 1. The van der Waals surface area contributed by atoms with Gasteiger partial charge in [0.15, 0.2) is 5.16 Å². The highest BCUT2D eigenvalue weighted by atomic mass is 32.2. The van der Waals surface area contributed by atoms with Crippen molar-refractivity contribution in [2.24, 2.45) is 0 Å². The Balaban J connectivity index is 1.56. The molecule has 0 bridgehead atoms. The van der Waals surface area contributed by atoms with Crippen LogP contribution >= 0.6 is 23.1 Å². The third-order valence-electron chi connectivity index (χ3n) is 5.83. The van der Waals surface area contributed by atoms with Crippen LogP contribution in [0.4, 0.5) is 0 Å². The van der Waals surface area contributed by atoms with Crippen molar-refractivity contribution in [3.63, 3.8) is 0 Å². The second kappa shape index (κ2) is 8.96. The van der Waals surface area contributed by atoms with Crippen LogP contribution in [-0.4, -0.2) is 38.7 Å². The first-order valence-electron chi connectivity index (χ1n) is 10.7. The van der Waals surface area contributed by atoms with Crippen molar-refractivity contribution in [3.05, 3.63) is 64.5 Å². The lowest BCUT2D eigenvalue weighted by Gasteiger charge is -2.33. The second-order valence-electron chi connectivity index (χ2n) is 7.90. The number of benzene rings is 1. The van der Waals surface area contributed by atoms with Crippen molar-refractivity contribution in [2.45, 2.75) is 37.4 Å². The van der Waals surface area contributed by atoms with E-state index in [-0.39, 0.29) is 23.3 Å². The zero-order chi connectivity index (χ0) is 22.1. The average Bonchev–Trinajstić information content (AvgIpc) is 3.48. The van der Waals surface area contributed by atoms with Gasteiger partial charge in [0.05, 0.1) is 23.1 Å². The molecule has 0 radical (unpaired) electrons. The first kappa shape index (κ1) is 21.0. The minimum absolute atomic E-state index is 0.0959. The summed E-state index contributed by atoms with van der Waals surface area (Å²) < 4.78 is 7.16. The molecule has 164 valence electrons. The number of fused-ring (bicyclic) bond motifs is 1. The largest absolute Gasteiger partial charge is 0.464 e. The zero-order valence-corrected chi connectivity index (χ0v) is 19.3. The summed E-state index contributed by atoms with van der Waals surface area (Å²) in [6.07, 6.45) is 4.85. The first-order chi connectivity index (χ1) is 15.6. The van der Waals surface area contributed by atoms with Gasteiger partial charge >= 0.3 is 0 Å². The normalized spacial score (nSPS) is 16.5. The van der Waals surface area contributed by atoms with Crippen LogP contribution in [0.15, 0.2) is 68.5 Å². The molecule has 0 N–H and O–H groups in total. The van der Waals surface area contributed by atoms with Gasteiger partial charge in [0.1, 0.15) is 10.6 Å². The number of piperidine rings is 1. The van der Waals surface area contributed by atoms with Gasteiger partial charge in [-0.25, -0.2) is 4.98 Å². The molecule has 4 aromatic rings. The summed E-state index contributed by atoms with van der Waals surface area (Å²) in [7, 11) is 0. The number of para-hydroxylation sites is 1. The van der Waals surface area contributed by atoms with Crippen LogP contribution in [-0.2, 0) is 4.79 Å². The Bertz CT molecular complexity index is 1300. The fraction of sp³-hybridized carbons (Fsp3) is 0.292. The highest BCUT2D eigenvalue weighted by Crippen LogP contribution is 2.33. The summed E-state index contributed by atoms with van der Waals surface area (Å²) >= 11 is 2.74. The Morgan fingerprint density at radius 3 is 2.81 bits per heavy atom. The molecule has 1 saturated heterocycles. The quantitative estimate of drug-likeness (QED) is 0.299. The van der Waals surface area contributed by atoms with Crippen molar-refractivity contribution in [1.29, 1.82) is 0 Å². The van der Waals surface area contributed by atoms with Crippen LogP contribution in [0, 0.1) is 0 Å². The fourth-order valence-corrected chi connectivity index (χ4v) is 6.03. The molecule has 1 aliphatic heterocycles. The first-order valence-corrected chi connectivity index (χ1v) is 12.6. The van der Waals surface area contributed by atoms with Gasteiger partial charge in [-0.15, -0.1) is 11.3 Å². The highest BCUT2D eigenvalue weighted by molar-refractivity contribution is 7.99. The van der Waals surface area contributed by atoms with Gasteiger partial charge in [-0.05, 0) is 50.5 Å². The lowest BCUT2D eigenvalue weighted by Crippen LogP contribution is -2.43. The summed E-state index contributed by atoms with van der Waals surface area (Å²) in [6, 6.07) is 13.4. The molecule has 1 amide bonds. The van der Waals surface area contributed by atoms with Crippen LogP contribution in [0.1, 0.15) is 26.2 Å². The van der Waals surface area contributed by atoms with Crippen molar-refractivity contribution in [2.75, 3.05) is 12.3 Å². The monoisotopic (exact) mass is 465 g/mol. The van der Waals surface area contributed by atoms with E-state index < -0.39 is 0 Å². The molecule has 1 atom stereocenters. The van der Waals surface area contributed by atoms with Crippen molar-refractivity contribution < 1.29 is 9.21 Å².